The van der Waals surface area contributed by atoms with Gasteiger partial charge in [0.15, 0.2) is 5.78 Å². The molecule has 0 bridgehead atoms. The minimum absolute atomic E-state index is 0.382. The predicted octanol–water partition coefficient (Wildman–Crippen LogP) is 4.41. The van der Waals surface area contributed by atoms with Gasteiger partial charge in [-0.3, -0.25) is 4.57 Å². The van der Waals surface area contributed by atoms with Crippen LogP contribution in [0.25, 0.3) is 0 Å². The normalized spacial score (nSPS) is 13.2. The summed E-state index contributed by atoms with van der Waals surface area (Å²) in [4.78, 5) is 19.4. The molecular weight excluding hydrogens is 297 g/mol. The molecule has 2 aromatic carbocycles. The maximum Gasteiger partial charge on any atom is 0.352 e. The van der Waals surface area contributed by atoms with Crippen LogP contribution in [-0.4, -0.2) is 9.79 Å². The van der Waals surface area contributed by atoms with Crippen molar-refractivity contribution >= 4 is 13.3 Å². The molecule has 0 aliphatic carbocycles. The molecule has 0 aliphatic heterocycles. The Morgan fingerprint density at radius 2 is 1.59 bits per heavy atom. The molecule has 2 aromatic rings. The molecule has 4 nitrogen and oxygen atoms in total. The second-order valence-electron chi connectivity index (χ2n) is 5.83. The van der Waals surface area contributed by atoms with Gasteiger partial charge in [-0.15, -0.1) is 0 Å². The van der Waals surface area contributed by atoms with Crippen molar-refractivity contribution < 1.29 is 14.4 Å². The topological polar surface area (TPSA) is 69.6 Å². The first kappa shape index (κ1) is 16.8. The van der Waals surface area contributed by atoms with Crippen LogP contribution in [0.4, 0.5) is 5.69 Å². The Hall–Kier alpha value is -1.61. The summed E-state index contributed by atoms with van der Waals surface area (Å²) in [5.41, 5.74) is 3.45. The zero-order chi connectivity index (χ0) is 16.3. The van der Waals surface area contributed by atoms with E-state index >= 15 is 0 Å². The van der Waals surface area contributed by atoms with E-state index in [1.54, 1.807) is 18.2 Å². The number of benzene rings is 2. The van der Waals surface area contributed by atoms with Crippen molar-refractivity contribution in [2.45, 2.75) is 32.5 Å². The van der Waals surface area contributed by atoms with Crippen LogP contribution in [0.3, 0.4) is 0 Å². The molecule has 0 aliphatic rings. The molecule has 2 rings (SSSR count). The zero-order valence-corrected chi connectivity index (χ0v) is 13.9. The summed E-state index contributed by atoms with van der Waals surface area (Å²) in [6, 6.07) is 14.9. The number of hydrogen-bond acceptors (Lipinski definition) is 2. The second-order valence-corrected chi connectivity index (χ2v) is 7.52. The van der Waals surface area contributed by atoms with Crippen molar-refractivity contribution in [1.82, 2.24) is 0 Å². The van der Waals surface area contributed by atoms with E-state index in [-0.39, 0.29) is 0 Å². The number of anilines is 1. The van der Waals surface area contributed by atoms with Crippen LogP contribution in [0.15, 0.2) is 48.5 Å². The highest BCUT2D eigenvalue weighted by atomic mass is 31.2. The van der Waals surface area contributed by atoms with Crippen molar-refractivity contribution in [2.24, 2.45) is 0 Å². The average molecular weight is 319 g/mol. The Labute approximate surface area is 131 Å². The zero-order valence-electron chi connectivity index (χ0n) is 13.0. The van der Waals surface area contributed by atoms with E-state index in [4.69, 9.17) is 0 Å². The fourth-order valence-corrected chi connectivity index (χ4v) is 3.20. The summed E-state index contributed by atoms with van der Waals surface area (Å²) in [7, 11) is -4.33. The van der Waals surface area contributed by atoms with Crippen molar-refractivity contribution in [2.75, 3.05) is 5.32 Å². The van der Waals surface area contributed by atoms with Crippen LogP contribution in [0.5, 0.6) is 0 Å². The number of rotatable bonds is 5. The van der Waals surface area contributed by atoms with E-state index in [0.717, 1.165) is 11.1 Å². The van der Waals surface area contributed by atoms with Crippen LogP contribution in [0, 0.1) is 6.92 Å². The van der Waals surface area contributed by atoms with Crippen LogP contribution in [0.2, 0.25) is 0 Å². The summed E-state index contributed by atoms with van der Waals surface area (Å²) in [6.07, 6.45) is 0. The first-order chi connectivity index (χ1) is 10.3. The number of aryl methyl sites for hydroxylation is 1. The van der Waals surface area contributed by atoms with Crippen LogP contribution < -0.4 is 5.32 Å². The van der Waals surface area contributed by atoms with Crippen molar-refractivity contribution in [1.29, 1.82) is 0 Å². The van der Waals surface area contributed by atoms with Gasteiger partial charge in [0, 0.05) is 5.69 Å². The average Bonchev–Trinajstić information content (AvgIpc) is 2.44. The molecule has 0 radical (unpaired) electrons. The lowest BCUT2D eigenvalue weighted by molar-refractivity contribution is 0.363. The SMILES string of the molecule is Cc1cccc(N[C@@H](c2ccc(C(C)C)cc2)P(=O)(O)O)c1. The van der Waals surface area contributed by atoms with Gasteiger partial charge in [-0.2, -0.15) is 0 Å². The third kappa shape index (κ3) is 4.20. The van der Waals surface area contributed by atoms with Gasteiger partial charge >= 0.3 is 7.60 Å². The largest absolute Gasteiger partial charge is 0.368 e. The van der Waals surface area contributed by atoms with E-state index in [1.807, 2.05) is 37.3 Å². The molecule has 0 heterocycles. The summed E-state index contributed by atoms with van der Waals surface area (Å²) in [5, 5.41) is 2.96. The van der Waals surface area contributed by atoms with Crippen LogP contribution in [-0.2, 0) is 4.57 Å². The molecule has 5 heteroatoms. The highest BCUT2D eigenvalue weighted by molar-refractivity contribution is 7.52. The number of nitrogens with one attached hydrogen (secondary N) is 1. The van der Waals surface area contributed by atoms with Gasteiger partial charge in [-0.25, -0.2) is 0 Å². The Bertz CT molecular complexity index is 677. The fourth-order valence-electron chi connectivity index (χ4n) is 2.32. The van der Waals surface area contributed by atoms with Crippen molar-refractivity contribution in [3.63, 3.8) is 0 Å². The molecule has 0 saturated carbocycles. The monoisotopic (exact) mass is 319 g/mol. The molecular formula is C17H22NO3P. The van der Waals surface area contributed by atoms with Gasteiger partial charge in [-0.1, -0.05) is 50.2 Å². The maximum absolute atomic E-state index is 11.9. The molecule has 0 unspecified atom stereocenters. The Kier molecular flexibility index (Phi) is 5.07. The summed E-state index contributed by atoms with van der Waals surface area (Å²) < 4.78 is 11.9. The van der Waals surface area contributed by atoms with Gasteiger partial charge in [0.2, 0.25) is 0 Å². The lowest BCUT2D eigenvalue weighted by Gasteiger charge is -2.22. The van der Waals surface area contributed by atoms with Crippen molar-refractivity contribution in [3.8, 4) is 0 Å². The van der Waals surface area contributed by atoms with Gasteiger partial charge in [-0.05, 0) is 41.7 Å². The molecule has 0 aromatic heterocycles. The highest BCUT2D eigenvalue weighted by Crippen LogP contribution is 2.51. The van der Waals surface area contributed by atoms with Crippen molar-refractivity contribution in [3.05, 3.63) is 65.2 Å². The molecule has 3 N–H and O–H groups in total. The van der Waals surface area contributed by atoms with E-state index < -0.39 is 13.4 Å². The lowest BCUT2D eigenvalue weighted by atomic mass is 10.0. The molecule has 0 amide bonds. The molecule has 0 fully saturated rings. The Morgan fingerprint density at radius 1 is 1.00 bits per heavy atom. The molecule has 1 atom stereocenters. The third-order valence-electron chi connectivity index (χ3n) is 3.58. The molecule has 22 heavy (non-hydrogen) atoms. The van der Waals surface area contributed by atoms with E-state index in [9.17, 15) is 14.4 Å². The van der Waals surface area contributed by atoms with Crippen LogP contribution in [0.1, 0.15) is 42.2 Å². The molecule has 118 valence electrons. The molecule has 0 saturated heterocycles. The minimum atomic E-state index is -4.33. The summed E-state index contributed by atoms with van der Waals surface area (Å²) >= 11 is 0. The summed E-state index contributed by atoms with van der Waals surface area (Å²) in [6.45, 7) is 6.11. The van der Waals surface area contributed by atoms with Gasteiger partial charge in [0.1, 0.15) is 0 Å². The Morgan fingerprint density at radius 3 is 2.09 bits per heavy atom. The van der Waals surface area contributed by atoms with Gasteiger partial charge in [0.05, 0.1) is 0 Å². The lowest BCUT2D eigenvalue weighted by Crippen LogP contribution is -2.11. The van der Waals surface area contributed by atoms with E-state index in [1.165, 1.54) is 0 Å². The smallest absolute Gasteiger partial charge is 0.352 e. The second kappa shape index (κ2) is 6.66. The minimum Gasteiger partial charge on any atom is -0.368 e. The molecule has 0 spiro atoms. The number of hydrogen-bond donors (Lipinski definition) is 3. The highest BCUT2D eigenvalue weighted by Gasteiger charge is 2.30. The van der Waals surface area contributed by atoms with Gasteiger partial charge in [0.25, 0.3) is 0 Å². The van der Waals surface area contributed by atoms with Crippen LogP contribution >= 0.6 is 7.60 Å². The van der Waals surface area contributed by atoms with Gasteiger partial charge < -0.3 is 15.1 Å². The van der Waals surface area contributed by atoms with E-state index in [0.29, 0.717) is 17.2 Å². The van der Waals surface area contributed by atoms with E-state index in [2.05, 4.69) is 19.2 Å². The first-order valence-corrected chi connectivity index (χ1v) is 8.94. The maximum atomic E-state index is 11.9. The predicted molar refractivity (Wildman–Crippen MR) is 90.1 cm³/mol. The Balaban J connectivity index is 2.32. The standard InChI is InChI=1S/C17H22NO3P/c1-12(2)14-7-9-15(10-8-14)17(22(19,20)21)18-16-6-4-5-13(3)11-16/h4-12,17-18H,1-3H3,(H2,19,20,21)/t17-/m1/s1. The summed E-state index contributed by atoms with van der Waals surface area (Å²) in [5.74, 6) is -0.664. The third-order valence-corrected chi connectivity index (χ3v) is 4.68. The fraction of sp³-hybridized carbons (Fsp3) is 0.294. The first-order valence-electron chi connectivity index (χ1n) is 7.25. The quantitative estimate of drug-likeness (QED) is 0.714.